The molecule has 0 radical (unpaired) electrons. The zero-order valence-electron chi connectivity index (χ0n) is 13.9. The van der Waals surface area contributed by atoms with Crippen molar-refractivity contribution in [3.8, 4) is 0 Å². The minimum atomic E-state index is 0.719. The summed E-state index contributed by atoms with van der Waals surface area (Å²) in [7, 11) is 0. The van der Waals surface area contributed by atoms with E-state index in [0.717, 1.165) is 23.8 Å². The van der Waals surface area contributed by atoms with Gasteiger partial charge in [-0.1, -0.05) is 42.0 Å². The van der Waals surface area contributed by atoms with Gasteiger partial charge in [0.1, 0.15) is 6.29 Å². The highest BCUT2D eigenvalue weighted by Gasteiger charge is 2.12. The van der Waals surface area contributed by atoms with Gasteiger partial charge in [-0.2, -0.15) is 0 Å². The molecule has 118 valence electrons. The van der Waals surface area contributed by atoms with Gasteiger partial charge in [0.25, 0.3) is 0 Å². The SMILES string of the molecule is Cc1ccc(Cn2c3ccccc3c3cc(C=O)ccc32)c(C)c1. The second-order valence-electron chi connectivity index (χ2n) is 6.43. The Morgan fingerprint density at radius 2 is 1.67 bits per heavy atom. The molecule has 3 aromatic carbocycles. The van der Waals surface area contributed by atoms with Gasteiger partial charge in [-0.25, -0.2) is 0 Å². The van der Waals surface area contributed by atoms with Crippen molar-refractivity contribution in [2.24, 2.45) is 0 Å². The van der Waals surface area contributed by atoms with Crippen LogP contribution in [0, 0.1) is 13.8 Å². The average Bonchev–Trinajstić information content (AvgIpc) is 2.91. The van der Waals surface area contributed by atoms with E-state index in [4.69, 9.17) is 0 Å². The molecular weight excluding hydrogens is 294 g/mol. The molecule has 24 heavy (non-hydrogen) atoms. The molecule has 4 rings (SSSR count). The number of carbonyl (C=O) groups excluding carboxylic acids is 1. The molecule has 0 saturated carbocycles. The molecule has 0 spiro atoms. The zero-order valence-corrected chi connectivity index (χ0v) is 13.9. The number of carbonyl (C=O) groups is 1. The van der Waals surface area contributed by atoms with Crippen LogP contribution in [-0.2, 0) is 6.54 Å². The summed E-state index contributed by atoms with van der Waals surface area (Å²) in [6.45, 7) is 5.12. The zero-order chi connectivity index (χ0) is 16.7. The largest absolute Gasteiger partial charge is 0.336 e. The number of rotatable bonds is 3. The van der Waals surface area contributed by atoms with E-state index in [1.165, 1.54) is 33.1 Å². The van der Waals surface area contributed by atoms with Crippen molar-refractivity contribution >= 4 is 28.1 Å². The van der Waals surface area contributed by atoms with Crippen LogP contribution in [0.25, 0.3) is 21.8 Å². The van der Waals surface area contributed by atoms with E-state index in [0.29, 0.717) is 0 Å². The first-order valence-corrected chi connectivity index (χ1v) is 8.19. The number of para-hydroxylation sites is 1. The number of aldehydes is 1. The van der Waals surface area contributed by atoms with Gasteiger partial charge in [0, 0.05) is 33.9 Å². The van der Waals surface area contributed by atoms with Crippen molar-refractivity contribution in [1.82, 2.24) is 4.57 Å². The average molecular weight is 313 g/mol. The fourth-order valence-corrected chi connectivity index (χ4v) is 3.51. The fraction of sp³-hybridized carbons (Fsp3) is 0.136. The third-order valence-corrected chi connectivity index (χ3v) is 4.76. The van der Waals surface area contributed by atoms with Crippen molar-refractivity contribution in [1.29, 1.82) is 0 Å². The number of hydrogen-bond donors (Lipinski definition) is 0. The molecule has 0 bridgehead atoms. The first-order chi connectivity index (χ1) is 11.7. The summed E-state index contributed by atoms with van der Waals surface area (Å²) in [5, 5.41) is 2.33. The minimum absolute atomic E-state index is 0.719. The number of fused-ring (bicyclic) bond motifs is 3. The van der Waals surface area contributed by atoms with Crippen LogP contribution in [0.5, 0.6) is 0 Å². The summed E-state index contributed by atoms with van der Waals surface area (Å²) in [6.07, 6.45) is 0.912. The summed E-state index contributed by atoms with van der Waals surface area (Å²) in [4.78, 5) is 11.2. The lowest BCUT2D eigenvalue weighted by molar-refractivity contribution is 0.112. The van der Waals surface area contributed by atoms with Gasteiger partial charge in [-0.05, 0) is 49.2 Å². The Morgan fingerprint density at radius 1 is 0.875 bits per heavy atom. The monoisotopic (exact) mass is 313 g/mol. The Balaban J connectivity index is 1.97. The maximum atomic E-state index is 11.2. The van der Waals surface area contributed by atoms with E-state index >= 15 is 0 Å². The normalized spacial score (nSPS) is 11.2. The maximum absolute atomic E-state index is 11.2. The molecule has 0 atom stereocenters. The Bertz CT molecular complexity index is 1070. The number of benzene rings is 3. The highest BCUT2D eigenvalue weighted by Crippen LogP contribution is 2.30. The third-order valence-electron chi connectivity index (χ3n) is 4.76. The lowest BCUT2D eigenvalue weighted by Gasteiger charge is -2.11. The van der Waals surface area contributed by atoms with Gasteiger partial charge in [-0.15, -0.1) is 0 Å². The number of nitrogens with zero attached hydrogens (tertiary/aromatic N) is 1. The van der Waals surface area contributed by atoms with Gasteiger partial charge in [0.2, 0.25) is 0 Å². The molecule has 0 aliphatic carbocycles. The highest BCUT2D eigenvalue weighted by molar-refractivity contribution is 6.09. The first kappa shape index (κ1) is 14.7. The summed E-state index contributed by atoms with van der Waals surface area (Å²) in [5.74, 6) is 0. The molecule has 0 N–H and O–H groups in total. The molecule has 2 heteroatoms. The molecule has 0 fully saturated rings. The maximum Gasteiger partial charge on any atom is 0.150 e. The van der Waals surface area contributed by atoms with Crippen LogP contribution in [0.3, 0.4) is 0 Å². The van der Waals surface area contributed by atoms with Gasteiger partial charge < -0.3 is 4.57 Å². The smallest absolute Gasteiger partial charge is 0.150 e. The highest BCUT2D eigenvalue weighted by atomic mass is 16.1. The van der Waals surface area contributed by atoms with Crippen LogP contribution in [0.4, 0.5) is 0 Å². The van der Waals surface area contributed by atoms with Gasteiger partial charge in [0.15, 0.2) is 0 Å². The Labute approximate surface area is 141 Å². The molecule has 0 aliphatic heterocycles. The lowest BCUT2D eigenvalue weighted by atomic mass is 10.1. The van der Waals surface area contributed by atoms with Crippen molar-refractivity contribution in [2.45, 2.75) is 20.4 Å². The first-order valence-electron chi connectivity index (χ1n) is 8.19. The Hall–Kier alpha value is -2.87. The summed E-state index contributed by atoms with van der Waals surface area (Å²) < 4.78 is 2.34. The van der Waals surface area contributed by atoms with Gasteiger partial charge >= 0.3 is 0 Å². The number of aryl methyl sites for hydroxylation is 2. The van der Waals surface area contributed by atoms with Gasteiger partial charge in [0.05, 0.1) is 0 Å². The van der Waals surface area contributed by atoms with Crippen LogP contribution in [0.1, 0.15) is 27.0 Å². The van der Waals surface area contributed by atoms with Crippen LogP contribution >= 0.6 is 0 Å². The molecule has 1 heterocycles. The van der Waals surface area contributed by atoms with E-state index in [2.05, 4.69) is 66.9 Å². The van der Waals surface area contributed by atoms with Crippen molar-refractivity contribution in [2.75, 3.05) is 0 Å². The Kier molecular flexibility index (Phi) is 3.46. The molecule has 0 amide bonds. The van der Waals surface area contributed by atoms with E-state index < -0.39 is 0 Å². The van der Waals surface area contributed by atoms with Crippen molar-refractivity contribution in [3.05, 3.63) is 82.9 Å². The molecule has 4 aromatic rings. The molecule has 1 aromatic heterocycles. The predicted molar refractivity (Wildman–Crippen MR) is 99.8 cm³/mol. The second kappa shape index (κ2) is 5.64. The quantitative estimate of drug-likeness (QED) is 0.472. The summed E-state index contributed by atoms with van der Waals surface area (Å²) in [6, 6.07) is 21.0. The van der Waals surface area contributed by atoms with Crippen LogP contribution in [0.2, 0.25) is 0 Å². The van der Waals surface area contributed by atoms with E-state index in [9.17, 15) is 4.79 Å². The Morgan fingerprint density at radius 3 is 2.46 bits per heavy atom. The van der Waals surface area contributed by atoms with Crippen molar-refractivity contribution in [3.63, 3.8) is 0 Å². The van der Waals surface area contributed by atoms with Crippen molar-refractivity contribution < 1.29 is 4.79 Å². The van der Waals surface area contributed by atoms with E-state index in [-0.39, 0.29) is 0 Å². The summed E-state index contributed by atoms with van der Waals surface area (Å²) in [5.41, 5.74) is 7.01. The molecule has 0 saturated heterocycles. The number of hydrogen-bond acceptors (Lipinski definition) is 1. The molecule has 2 nitrogen and oxygen atoms in total. The molecule has 0 unspecified atom stereocenters. The fourth-order valence-electron chi connectivity index (χ4n) is 3.51. The molecular formula is C22H19NO. The lowest BCUT2D eigenvalue weighted by Crippen LogP contribution is -2.01. The standard InChI is InChI=1S/C22H19NO/c1-15-7-9-18(16(2)11-15)13-23-21-6-4-3-5-19(21)20-12-17(14-24)8-10-22(20)23/h3-12,14H,13H2,1-2H3. The predicted octanol–water partition coefficient (Wildman–Crippen LogP) is 5.27. The minimum Gasteiger partial charge on any atom is -0.336 e. The van der Waals surface area contributed by atoms with E-state index in [1.807, 2.05) is 12.1 Å². The second-order valence-corrected chi connectivity index (χ2v) is 6.43. The topological polar surface area (TPSA) is 22.0 Å². The summed E-state index contributed by atoms with van der Waals surface area (Å²) >= 11 is 0. The van der Waals surface area contributed by atoms with Crippen LogP contribution in [-0.4, -0.2) is 10.9 Å². The molecule has 0 aliphatic rings. The van der Waals surface area contributed by atoms with E-state index in [1.54, 1.807) is 0 Å². The van der Waals surface area contributed by atoms with Crippen LogP contribution < -0.4 is 0 Å². The van der Waals surface area contributed by atoms with Gasteiger partial charge in [-0.3, -0.25) is 4.79 Å². The number of aromatic nitrogens is 1. The van der Waals surface area contributed by atoms with Crippen LogP contribution in [0.15, 0.2) is 60.7 Å². The third kappa shape index (κ3) is 2.31.